The van der Waals surface area contributed by atoms with Crippen molar-refractivity contribution in [2.45, 2.75) is 36.8 Å². The minimum absolute atomic E-state index is 0.0766. The number of halogens is 2. The Bertz CT molecular complexity index is 2040. The number of fused-ring (bicyclic) bond motifs is 1. The highest BCUT2D eigenvalue weighted by Gasteiger charge is 2.44. The number of nitrogens with two attached hydrogens (primary N) is 1. The van der Waals surface area contributed by atoms with Crippen LogP contribution in [0, 0.1) is 0 Å². The molecule has 1 aliphatic rings. The fraction of sp³-hybridized carbons (Fsp3) is 0.333. The summed E-state index contributed by atoms with van der Waals surface area (Å²) in [7, 11) is 6.42. The molecule has 0 saturated carbocycles. The number of amides is 2. The quantitative estimate of drug-likeness (QED) is 0.114. The summed E-state index contributed by atoms with van der Waals surface area (Å²) in [6.07, 6.45) is 1.58. The molecule has 1 saturated heterocycles. The number of rotatable bonds is 15. The first-order valence-electron chi connectivity index (χ1n) is 17.7. The minimum atomic E-state index is -1.07. The number of hydrogen-bond donors (Lipinski definition) is 1. The molecule has 1 aromatic heterocycles. The number of likely N-dealkylation sites (tertiary alicyclic amines) is 1. The Morgan fingerprint density at radius 3 is 2.15 bits per heavy atom. The Labute approximate surface area is 325 Å². The Morgan fingerprint density at radius 1 is 0.870 bits per heavy atom. The molecule has 54 heavy (non-hydrogen) atoms. The van der Waals surface area contributed by atoms with Gasteiger partial charge in [0.05, 0.1) is 55.5 Å². The van der Waals surface area contributed by atoms with Crippen LogP contribution in [0.4, 0.5) is 0 Å². The second-order valence-electron chi connectivity index (χ2n) is 13.6. The largest absolute Gasteiger partial charge is 0.493 e. The van der Waals surface area contributed by atoms with Gasteiger partial charge in [-0.1, -0.05) is 77.8 Å². The van der Waals surface area contributed by atoms with Crippen LogP contribution in [0.2, 0.25) is 10.0 Å². The summed E-state index contributed by atoms with van der Waals surface area (Å²) in [5.41, 5.74) is 7.30. The second-order valence-corrected chi connectivity index (χ2v) is 14.4. The average Bonchev–Trinajstić information content (AvgIpc) is 3.64. The smallest absolute Gasteiger partial charge is 0.290 e. The monoisotopic (exact) mass is 773 g/mol. The van der Waals surface area contributed by atoms with Gasteiger partial charge >= 0.3 is 0 Å². The van der Waals surface area contributed by atoms with Gasteiger partial charge in [0.1, 0.15) is 5.58 Å². The molecule has 12 heteroatoms. The van der Waals surface area contributed by atoms with E-state index in [1.54, 1.807) is 51.5 Å². The number of para-hydroxylation sites is 1. The number of carbonyl (C=O) groups excluding carboxylic acids is 2. The summed E-state index contributed by atoms with van der Waals surface area (Å²) in [6.45, 7) is 2.06. The number of benzene rings is 4. The van der Waals surface area contributed by atoms with E-state index in [0.29, 0.717) is 71.8 Å². The van der Waals surface area contributed by atoms with Crippen LogP contribution in [0.3, 0.4) is 0 Å². The van der Waals surface area contributed by atoms with E-state index in [0.717, 1.165) is 22.1 Å². The molecular formula is C42H45Cl2N3O7. The van der Waals surface area contributed by atoms with Crippen LogP contribution in [0.25, 0.3) is 11.0 Å². The number of hydrogen-bond acceptors (Lipinski definition) is 8. The van der Waals surface area contributed by atoms with Crippen LogP contribution in [0.15, 0.2) is 95.4 Å². The van der Waals surface area contributed by atoms with Crippen molar-refractivity contribution in [3.05, 3.63) is 123 Å². The van der Waals surface area contributed by atoms with Crippen molar-refractivity contribution >= 4 is 46.0 Å². The molecule has 10 nitrogen and oxygen atoms in total. The second kappa shape index (κ2) is 16.7. The molecule has 4 aromatic carbocycles. The van der Waals surface area contributed by atoms with Crippen molar-refractivity contribution < 1.29 is 33.0 Å². The highest BCUT2D eigenvalue weighted by molar-refractivity contribution is 6.42. The van der Waals surface area contributed by atoms with Crippen LogP contribution < -0.4 is 19.9 Å². The Hall–Kier alpha value is -4.74. The maximum Gasteiger partial charge on any atom is 0.290 e. The third-order valence-corrected chi connectivity index (χ3v) is 11.5. The minimum Gasteiger partial charge on any atom is -0.493 e. The number of primary amides is 1. The summed E-state index contributed by atoms with van der Waals surface area (Å²) >= 11 is 13.1. The van der Waals surface area contributed by atoms with E-state index in [1.165, 1.54) is 0 Å². The lowest BCUT2D eigenvalue weighted by Gasteiger charge is -2.45. The molecule has 2 heterocycles. The average molecular weight is 775 g/mol. The molecule has 0 spiro atoms. The van der Waals surface area contributed by atoms with E-state index in [4.69, 9.17) is 52.3 Å². The van der Waals surface area contributed by atoms with Crippen molar-refractivity contribution in [1.29, 1.82) is 0 Å². The molecule has 1 fully saturated rings. The van der Waals surface area contributed by atoms with Crippen molar-refractivity contribution in [2.24, 2.45) is 5.73 Å². The summed E-state index contributed by atoms with van der Waals surface area (Å²) in [4.78, 5) is 31.5. The Kier molecular flexibility index (Phi) is 12.1. The van der Waals surface area contributed by atoms with Crippen molar-refractivity contribution in [3.63, 3.8) is 0 Å². The summed E-state index contributed by atoms with van der Waals surface area (Å²) < 4.78 is 29.3. The number of carbonyl (C=O) groups is 2. The third kappa shape index (κ3) is 7.75. The maximum atomic E-state index is 14.5. The SMILES string of the molecule is COc1cc(COCC(CCN2CCC(C(N)=O)(c3ccccc3)CC2)(c2ccc(Cl)c(Cl)c2)N(C)C(=O)c2cc3ccccc3o2)cc(OC)c1OC. The number of piperidine rings is 1. The molecule has 6 rings (SSSR count). The normalized spacial score (nSPS) is 15.4. The zero-order valence-electron chi connectivity index (χ0n) is 30.9. The predicted molar refractivity (Wildman–Crippen MR) is 210 cm³/mol. The Morgan fingerprint density at radius 2 is 1.54 bits per heavy atom. The Balaban J connectivity index is 1.35. The van der Waals surface area contributed by atoms with Crippen molar-refractivity contribution in [2.75, 3.05) is 54.6 Å². The van der Waals surface area contributed by atoms with Gasteiger partial charge < -0.3 is 38.9 Å². The van der Waals surface area contributed by atoms with Gasteiger partial charge in [0, 0.05) is 19.0 Å². The first kappa shape index (κ1) is 39.0. The molecule has 0 aliphatic carbocycles. The molecule has 284 valence electrons. The van der Waals surface area contributed by atoms with Crippen molar-refractivity contribution in [1.82, 2.24) is 9.80 Å². The molecule has 1 unspecified atom stereocenters. The topological polar surface area (TPSA) is 117 Å². The van der Waals surface area contributed by atoms with E-state index in [-0.39, 0.29) is 30.8 Å². The van der Waals surface area contributed by atoms with Gasteiger partial charge in [-0.3, -0.25) is 9.59 Å². The molecule has 0 bridgehead atoms. The lowest BCUT2D eigenvalue weighted by Crippen LogP contribution is -2.54. The zero-order valence-corrected chi connectivity index (χ0v) is 32.4. The van der Waals surface area contributed by atoms with Crippen LogP contribution in [0.1, 0.15) is 46.5 Å². The molecule has 2 N–H and O–H groups in total. The summed E-state index contributed by atoms with van der Waals surface area (Å²) in [5, 5.41) is 1.55. The number of methoxy groups -OCH3 is 3. The van der Waals surface area contributed by atoms with Gasteiger partial charge in [0.25, 0.3) is 5.91 Å². The fourth-order valence-electron chi connectivity index (χ4n) is 7.48. The van der Waals surface area contributed by atoms with Gasteiger partial charge in [-0.15, -0.1) is 0 Å². The van der Waals surface area contributed by atoms with Crippen molar-refractivity contribution in [3.8, 4) is 17.2 Å². The summed E-state index contributed by atoms with van der Waals surface area (Å²) in [5.74, 6) is 1.00. The zero-order chi connectivity index (χ0) is 38.5. The fourth-order valence-corrected chi connectivity index (χ4v) is 7.78. The number of ether oxygens (including phenoxy) is 4. The van der Waals surface area contributed by atoms with Crippen LogP contribution in [0.5, 0.6) is 17.2 Å². The van der Waals surface area contributed by atoms with E-state index < -0.39 is 11.0 Å². The van der Waals surface area contributed by atoms with E-state index in [1.807, 2.05) is 72.8 Å². The van der Waals surface area contributed by atoms with Gasteiger partial charge in [-0.05, 0) is 85.4 Å². The van der Waals surface area contributed by atoms with E-state index in [2.05, 4.69) is 4.90 Å². The molecule has 0 radical (unpaired) electrons. The first-order chi connectivity index (χ1) is 26.0. The third-order valence-electron chi connectivity index (χ3n) is 10.7. The van der Waals surface area contributed by atoms with Gasteiger partial charge in [0.15, 0.2) is 17.3 Å². The molecular weight excluding hydrogens is 729 g/mol. The number of nitrogens with zero attached hydrogens (tertiary/aromatic N) is 2. The number of furan rings is 1. The highest BCUT2D eigenvalue weighted by atomic mass is 35.5. The van der Waals surface area contributed by atoms with Crippen LogP contribution in [-0.2, 0) is 27.1 Å². The van der Waals surface area contributed by atoms with E-state index in [9.17, 15) is 9.59 Å². The maximum absolute atomic E-state index is 14.5. The van der Waals surface area contributed by atoms with Gasteiger partial charge in [-0.25, -0.2) is 0 Å². The molecule has 1 aliphatic heterocycles. The lowest BCUT2D eigenvalue weighted by molar-refractivity contribution is -0.125. The molecule has 1 atom stereocenters. The van der Waals surface area contributed by atoms with Gasteiger partial charge in [-0.2, -0.15) is 0 Å². The van der Waals surface area contributed by atoms with Gasteiger partial charge in [0.2, 0.25) is 11.7 Å². The molecule has 2 amide bonds. The van der Waals surface area contributed by atoms with E-state index >= 15 is 0 Å². The van der Waals surface area contributed by atoms with Crippen LogP contribution >= 0.6 is 23.2 Å². The predicted octanol–water partition coefficient (Wildman–Crippen LogP) is 7.86. The molecule has 5 aromatic rings. The first-order valence-corrected chi connectivity index (χ1v) is 18.5. The number of likely N-dealkylation sites (N-methyl/N-ethyl adjacent to an activating group) is 1. The summed E-state index contributed by atoms with van der Waals surface area (Å²) in [6, 6.07) is 28.1. The lowest BCUT2D eigenvalue weighted by atomic mass is 9.72. The highest BCUT2D eigenvalue weighted by Crippen LogP contribution is 2.41. The standard InChI is InChI=1S/C42H45Cl2N3O7/c1-46(39(48)37-24-29-10-8-9-13-34(29)54-37)42(31-14-15-32(43)33(44)25-31,27-53-26-28-22-35(50-2)38(52-4)36(23-28)51-3)18-21-47-19-16-41(17-20-47,40(45)49)30-11-6-5-7-12-30/h5-15,22-25H,16-21,26-27H2,1-4H3,(H2,45,49). The van der Waals surface area contributed by atoms with Crippen LogP contribution in [-0.4, -0.2) is 76.2 Å².